The fourth-order valence-electron chi connectivity index (χ4n) is 4.19. The van der Waals surface area contributed by atoms with Gasteiger partial charge in [0.1, 0.15) is 0 Å². The van der Waals surface area contributed by atoms with Crippen molar-refractivity contribution in [2.75, 3.05) is 31.1 Å². The van der Waals surface area contributed by atoms with Gasteiger partial charge in [-0.2, -0.15) is 0 Å². The van der Waals surface area contributed by atoms with Crippen molar-refractivity contribution in [3.05, 3.63) is 94.5 Å². The van der Waals surface area contributed by atoms with Crippen LogP contribution >= 0.6 is 22.9 Å². The molecule has 1 aromatic heterocycles. The van der Waals surface area contributed by atoms with Crippen LogP contribution in [0, 0.1) is 6.92 Å². The Bertz CT molecular complexity index is 1210. The third-order valence-electron chi connectivity index (χ3n) is 6.11. The Morgan fingerprint density at radius 3 is 2.15 bits per heavy atom. The Morgan fingerprint density at radius 2 is 1.55 bits per heavy atom. The Balaban J connectivity index is 1.28. The van der Waals surface area contributed by atoms with E-state index in [1.54, 1.807) is 11.3 Å². The van der Waals surface area contributed by atoms with Gasteiger partial charge >= 0.3 is 6.03 Å². The number of hydrogen-bond acceptors (Lipinski definition) is 4. The molecule has 1 aliphatic heterocycles. The summed E-state index contributed by atoms with van der Waals surface area (Å²) in [5.41, 5.74) is 4.12. The van der Waals surface area contributed by atoms with Gasteiger partial charge in [0.2, 0.25) is 0 Å². The molecule has 1 saturated heterocycles. The molecule has 2 heterocycles. The third kappa shape index (κ3) is 4.54. The number of nitrogens with zero attached hydrogens (tertiary/aromatic N) is 3. The predicted octanol–water partition coefficient (Wildman–Crippen LogP) is 5.88. The van der Waals surface area contributed by atoms with E-state index < -0.39 is 0 Å². The maximum Gasteiger partial charge on any atom is 0.318 e. The number of urea groups is 1. The minimum atomic E-state index is -0.185. The Hall–Kier alpha value is -3.09. The molecule has 0 atom stereocenters. The Kier molecular flexibility index (Phi) is 6.20. The van der Waals surface area contributed by atoms with Crippen LogP contribution < -0.4 is 10.2 Å². The van der Waals surface area contributed by atoms with Crippen molar-refractivity contribution in [3.63, 3.8) is 0 Å². The number of hydrogen-bond donors (Lipinski definition) is 1. The highest BCUT2D eigenvalue weighted by Crippen LogP contribution is 2.34. The summed E-state index contributed by atoms with van der Waals surface area (Å²) in [6, 6.07) is 23.9. The number of benzene rings is 3. The average Bonchev–Trinajstić information content (AvgIpc) is 3.31. The second-order valence-corrected chi connectivity index (χ2v) is 9.61. The molecule has 0 saturated carbocycles. The summed E-state index contributed by atoms with van der Waals surface area (Å²) in [7, 11) is 0. The number of nitrogens with one attached hydrogen (secondary N) is 1. The SMILES string of the molecule is Cc1c(Cl)ccc2sc(N3CCN(C(=O)NC(c4ccccc4)c4ccccc4)CC3)nc12. The zero-order chi connectivity index (χ0) is 22.8. The first-order chi connectivity index (χ1) is 16.1. The number of aryl methyl sites for hydroxylation is 1. The molecule has 0 spiro atoms. The topological polar surface area (TPSA) is 48.5 Å². The molecule has 0 bridgehead atoms. The highest BCUT2D eigenvalue weighted by Gasteiger charge is 2.26. The molecule has 33 heavy (non-hydrogen) atoms. The van der Waals surface area contributed by atoms with E-state index in [-0.39, 0.29) is 12.1 Å². The van der Waals surface area contributed by atoms with Crippen LogP contribution in [0.4, 0.5) is 9.93 Å². The van der Waals surface area contributed by atoms with Gasteiger partial charge in [-0.3, -0.25) is 0 Å². The number of amides is 2. The predicted molar refractivity (Wildman–Crippen MR) is 136 cm³/mol. The van der Waals surface area contributed by atoms with E-state index in [0.29, 0.717) is 13.1 Å². The lowest BCUT2D eigenvalue weighted by molar-refractivity contribution is 0.192. The number of fused-ring (bicyclic) bond motifs is 1. The van der Waals surface area contributed by atoms with Gasteiger partial charge in [0, 0.05) is 31.2 Å². The smallest absolute Gasteiger partial charge is 0.318 e. The normalized spacial score (nSPS) is 14.2. The molecule has 5 rings (SSSR count). The third-order valence-corrected chi connectivity index (χ3v) is 7.60. The summed E-state index contributed by atoms with van der Waals surface area (Å²) in [6.07, 6.45) is 0. The number of thiazole rings is 1. The maximum atomic E-state index is 13.2. The largest absolute Gasteiger partial charge is 0.345 e. The Labute approximate surface area is 202 Å². The monoisotopic (exact) mass is 476 g/mol. The first kappa shape index (κ1) is 21.7. The fraction of sp³-hybridized carbons (Fsp3) is 0.231. The number of piperazine rings is 1. The van der Waals surface area contributed by atoms with Gasteiger partial charge in [-0.1, -0.05) is 83.6 Å². The van der Waals surface area contributed by atoms with E-state index in [0.717, 1.165) is 50.2 Å². The molecule has 168 valence electrons. The van der Waals surface area contributed by atoms with Crippen molar-refractivity contribution < 1.29 is 4.79 Å². The van der Waals surface area contributed by atoms with Crippen molar-refractivity contribution in [2.45, 2.75) is 13.0 Å². The van der Waals surface area contributed by atoms with Crippen LogP contribution in [-0.2, 0) is 0 Å². The summed E-state index contributed by atoms with van der Waals surface area (Å²) in [6.45, 7) is 4.81. The van der Waals surface area contributed by atoms with E-state index >= 15 is 0 Å². The molecular formula is C26H25ClN4OS. The van der Waals surface area contributed by atoms with Crippen molar-refractivity contribution in [2.24, 2.45) is 0 Å². The lowest BCUT2D eigenvalue weighted by Gasteiger charge is -2.35. The van der Waals surface area contributed by atoms with Crippen LogP contribution in [0.25, 0.3) is 10.2 Å². The van der Waals surface area contributed by atoms with Crippen LogP contribution in [0.15, 0.2) is 72.8 Å². The molecule has 0 unspecified atom stereocenters. The minimum Gasteiger partial charge on any atom is -0.345 e. The van der Waals surface area contributed by atoms with Crippen molar-refractivity contribution in [3.8, 4) is 0 Å². The zero-order valence-electron chi connectivity index (χ0n) is 18.4. The molecular weight excluding hydrogens is 452 g/mol. The van der Waals surface area contributed by atoms with Crippen LogP contribution in [0.1, 0.15) is 22.7 Å². The lowest BCUT2D eigenvalue weighted by Crippen LogP contribution is -2.52. The van der Waals surface area contributed by atoms with E-state index in [9.17, 15) is 4.79 Å². The van der Waals surface area contributed by atoms with Gasteiger partial charge in [-0.15, -0.1) is 0 Å². The lowest BCUT2D eigenvalue weighted by atomic mass is 9.99. The van der Waals surface area contributed by atoms with E-state index in [4.69, 9.17) is 16.6 Å². The zero-order valence-corrected chi connectivity index (χ0v) is 19.9. The highest BCUT2D eigenvalue weighted by atomic mass is 35.5. The van der Waals surface area contributed by atoms with Crippen LogP contribution in [0.3, 0.4) is 0 Å². The van der Waals surface area contributed by atoms with Crippen molar-refractivity contribution >= 4 is 44.3 Å². The van der Waals surface area contributed by atoms with Gasteiger partial charge in [0.15, 0.2) is 5.13 Å². The van der Waals surface area contributed by atoms with E-state index in [2.05, 4.69) is 34.5 Å². The van der Waals surface area contributed by atoms with Crippen LogP contribution in [0.5, 0.6) is 0 Å². The summed E-state index contributed by atoms with van der Waals surface area (Å²) < 4.78 is 1.14. The number of carbonyl (C=O) groups excluding carboxylic acids is 1. The average molecular weight is 477 g/mol. The van der Waals surface area contributed by atoms with Gasteiger partial charge < -0.3 is 15.1 Å². The van der Waals surface area contributed by atoms with Crippen molar-refractivity contribution in [1.29, 1.82) is 0 Å². The minimum absolute atomic E-state index is 0.0423. The van der Waals surface area contributed by atoms with Gasteiger partial charge in [0.25, 0.3) is 0 Å². The van der Waals surface area contributed by atoms with Crippen molar-refractivity contribution in [1.82, 2.24) is 15.2 Å². The van der Waals surface area contributed by atoms with E-state index in [1.807, 2.05) is 60.4 Å². The summed E-state index contributed by atoms with van der Waals surface area (Å²) in [4.78, 5) is 22.2. The molecule has 1 N–H and O–H groups in total. The molecule has 1 fully saturated rings. The fourth-order valence-corrected chi connectivity index (χ4v) is 5.42. The molecule has 3 aromatic carbocycles. The first-order valence-corrected chi connectivity index (χ1v) is 12.3. The molecule has 2 amide bonds. The number of halogens is 1. The summed E-state index contributed by atoms with van der Waals surface area (Å²) in [5.74, 6) is 0. The first-order valence-electron chi connectivity index (χ1n) is 11.1. The van der Waals surface area contributed by atoms with Crippen LogP contribution in [0.2, 0.25) is 5.02 Å². The molecule has 7 heteroatoms. The van der Waals surface area contributed by atoms with Gasteiger partial charge in [0.05, 0.1) is 16.3 Å². The van der Waals surface area contributed by atoms with Gasteiger partial charge in [-0.05, 0) is 35.7 Å². The molecule has 1 aliphatic rings. The number of aromatic nitrogens is 1. The van der Waals surface area contributed by atoms with Crippen LogP contribution in [-0.4, -0.2) is 42.1 Å². The number of carbonyl (C=O) groups is 1. The number of anilines is 1. The van der Waals surface area contributed by atoms with E-state index in [1.165, 1.54) is 0 Å². The summed E-state index contributed by atoms with van der Waals surface area (Å²) in [5, 5.41) is 4.98. The second-order valence-electron chi connectivity index (χ2n) is 8.19. The standard InChI is InChI=1S/C26H25ClN4OS/c1-18-21(27)12-13-22-23(18)29-26(33-22)31-16-14-30(15-17-31)25(32)28-24(19-8-4-2-5-9-19)20-10-6-3-7-11-20/h2-13,24H,14-17H2,1H3,(H,28,32). The Morgan fingerprint density at radius 1 is 0.939 bits per heavy atom. The highest BCUT2D eigenvalue weighted by molar-refractivity contribution is 7.22. The molecule has 5 nitrogen and oxygen atoms in total. The quantitative estimate of drug-likeness (QED) is 0.400. The molecule has 4 aromatic rings. The molecule has 0 aliphatic carbocycles. The maximum absolute atomic E-state index is 13.2. The van der Waals surface area contributed by atoms with Gasteiger partial charge in [-0.25, -0.2) is 9.78 Å². The second kappa shape index (κ2) is 9.41. The molecule has 0 radical (unpaired) electrons. The number of rotatable bonds is 4. The summed E-state index contributed by atoms with van der Waals surface area (Å²) >= 11 is 7.95.